The van der Waals surface area contributed by atoms with Crippen LogP contribution >= 0.6 is 0 Å². The quantitative estimate of drug-likeness (QED) is 0.839. The van der Waals surface area contributed by atoms with Gasteiger partial charge in [0.1, 0.15) is 5.75 Å². The van der Waals surface area contributed by atoms with Crippen molar-refractivity contribution in [1.29, 1.82) is 0 Å². The molecule has 0 saturated carbocycles. The predicted octanol–water partition coefficient (Wildman–Crippen LogP) is 1.78. The maximum absolute atomic E-state index is 12.6. The molecule has 1 aromatic carbocycles. The largest absolute Gasteiger partial charge is 0.494 e. The normalized spacial score (nSPS) is 15.5. The summed E-state index contributed by atoms with van der Waals surface area (Å²) in [5.41, 5.74) is 1.93. The van der Waals surface area contributed by atoms with Crippen LogP contribution in [-0.4, -0.2) is 58.3 Å². The number of piperazine rings is 1. The van der Waals surface area contributed by atoms with E-state index in [1.165, 1.54) is 5.56 Å². The zero-order chi connectivity index (χ0) is 16.9. The van der Waals surface area contributed by atoms with Gasteiger partial charge in [-0.05, 0) is 31.2 Å². The van der Waals surface area contributed by atoms with E-state index in [1.54, 1.807) is 0 Å². The molecule has 128 valence electrons. The minimum absolute atomic E-state index is 0.0964. The molecule has 0 bridgehead atoms. The van der Waals surface area contributed by atoms with Gasteiger partial charge in [-0.3, -0.25) is 14.4 Å². The van der Waals surface area contributed by atoms with Crippen molar-refractivity contribution in [1.82, 2.24) is 19.6 Å². The molecule has 6 nitrogen and oxygen atoms in total. The van der Waals surface area contributed by atoms with Crippen LogP contribution in [0.15, 0.2) is 36.7 Å². The number of carbonyl (C=O) groups excluding carboxylic acids is 1. The third-order valence-corrected chi connectivity index (χ3v) is 4.24. The first-order valence-electron chi connectivity index (χ1n) is 8.37. The zero-order valence-electron chi connectivity index (χ0n) is 14.3. The second-order valence-electron chi connectivity index (χ2n) is 6.05. The van der Waals surface area contributed by atoms with Crippen LogP contribution in [0.5, 0.6) is 5.75 Å². The monoisotopic (exact) mass is 328 g/mol. The molecule has 1 saturated heterocycles. The van der Waals surface area contributed by atoms with Crippen molar-refractivity contribution >= 4 is 5.91 Å². The Morgan fingerprint density at radius 2 is 1.88 bits per heavy atom. The molecule has 1 amide bonds. The number of hydrogen-bond acceptors (Lipinski definition) is 4. The highest BCUT2D eigenvalue weighted by atomic mass is 16.5. The van der Waals surface area contributed by atoms with Crippen LogP contribution in [0.4, 0.5) is 0 Å². The van der Waals surface area contributed by atoms with Gasteiger partial charge in [-0.15, -0.1) is 0 Å². The molecular formula is C18H24N4O2. The van der Waals surface area contributed by atoms with Gasteiger partial charge in [0.2, 0.25) is 0 Å². The van der Waals surface area contributed by atoms with Gasteiger partial charge in [0.05, 0.1) is 12.8 Å². The lowest BCUT2D eigenvalue weighted by Gasteiger charge is -2.34. The average Bonchev–Trinajstić information content (AvgIpc) is 3.01. The summed E-state index contributed by atoms with van der Waals surface area (Å²) in [6.07, 6.45) is 3.94. The summed E-state index contributed by atoms with van der Waals surface area (Å²) >= 11 is 0. The van der Waals surface area contributed by atoms with Crippen molar-refractivity contribution < 1.29 is 9.53 Å². The van der Waals surface area contributed by atoms with Crippen molar-refractivity contribution in [3.8, 4) is 5.75 Å². The van der Waals surface area contributed by atoms with E-state index in [2.05, 4.69) is 10.00 Å². The van der Waals surface area contributed by atoms with Crippen molar-refractivity contribution in [3.05, 3.63) is 47.8 Å². The molecule has 2 heterocycles. The van der Waals surface area contributed by atoms with Crippen LogP contribution in [0.3, 0.4) is 0 Å². The van der Waals surface area contributed by atoms with Gasteiger partial charge in [0.25, 0.3) is 5.91 Å². The molecule has 0 atom stereocenters. The molecule has 1 aliphatic heterocycles. The summed E-state index contributed by atoms with van der Waals surface area (Å²) in [5, 5.41) is 4.20. The minimum Gasteiger partial charge on any atom is -0.494 e. The topological polar surface area (TPSA) is 50.6 Å². The van der Waals surface area contributed by atoms with Gasteiger partial charge in [-0.2, -0.15) is 5.10 Å². The summed E-state index contributed by atoms with van der Waals surface area (Å²) in [6.45, 7) is 6.75. The predicted molar refractivity (Wildman–Crippen MR) is 92.0 cm³/mol. The van der Waals surface area contributed by atoms with Crippen LogP contribution in [0, 0.1) is 0 Å². The van der Waals surface area contributed by atoms with Gasteiger partial charge in [-0.25, -0.2) is 0 Å². The smallest absolute Gasteiger partial charge is 0.253 e. The molecule has 1 aromatic heterocycles. The number of aromatic nitrogens is 2. The Hall–Kier alpha value is -2.34. The van der Waals surface area contributed by atoms with E-state index >= 15 is 0 Å². The molecule has 0 aliphatic carbocycles. The summed E-state index contributed by atoms with van der Waals surface area (Å²) in [6, 6.07) is 7.40. The SMILES string of the molecule is CCOc1ccc(C(=O)N2CCN(Cc3cnn(C)c3)CC2)cc1. The lowest BCUT2D eigenvalue weighted by atomic mass is 10.1. The first-order chi connectivity index (χ1) is 11.7. The van der Waals surface area contributed by atoms with Crippen molar-refractivity contribution in [2.75, 3.05) is 32.8 Å². The van der Waals surface area contributed by atoms with Gasteiger partial charge in [-0.1, -0.05) is 0 Å². The Morgan fingerprint density at radius 3 is 2.46 bits per heavy atom. The van der Waals surface area contributed by atoms with Gasteiger partial charge < -0.3 is 9.64 Å². The summed E-state index contributed by atoms with van der Waals surface area (Å²) in [7, 11) is 1.93. The standard InChI is InChI=1S/C18H24N4O2/c1-3-24-17-6-4-16(5-7-17)18(23)22-10-8-21(9-11-22)14-15-12-19-20(2)13-15/h4-7,12-13H,3,8-11,14H2,1-2H3. The van der Waals surface area contributed by atoms with Crippen molar-refractivity contribution in [2.45, 2.75) is 13.5 Å². The van der Waals surface area contributed by atoms with Gasteiger partial charge in [0.15, 0.2) is 0 Å². The number of carbonyl (C=O) groups is 1. The zero-order valence-corrected chi connectivity index (χ0v) is 14.3. The second-order valence-corrected chi connectivity index (χ2v) is 6.05. The number of amides is 1. The molecule has 0 unspecified atom stereocenters. The fourth-order valence-electron chi connectivity index (χ4n) is 2.96. The molecule has 24 heavy (non-hydrogen) atoms. The maximum Gasteiger partial charge on any atom is 0.253 e. The number of benzene rings is 1. The fraction of sp³-hybridized carbons (Fsp3) is 0.444. The molecule has 6 heteroatoms. The lowest BCUT2D eigenvalue weighted by Crippen LogP contribution is -2.48. The third kappa shape index (κ3) is 3.94. The number of nitrogens with zero attached hydrogens (tertiary/aromatic N) is 4. The Bertz CT molecular complexity index is 673. The van der Waals surface area contributed by atoms with E-state index in [-0.39, 0.29) is 5.91 Å². The molecule has 0 radical (unpaired) electrons. The minimum atomic E-state index is 0.0964. The summed E-state index contributed by atoms with van der Waals surface area (Å²) in [5.74, 6) is 0.898. The Balaban J connectivity index is 1.52. The van der Waals surface area contributed by atoms with E-state index in [0.29, 0.717) is 6.61 Å². The van der Waals surface area contributed by atoms with Crippen LogP contribution in [0.25, 0.3) is 0 Å². The van der Waals surface area contributed by atoms with E-state index in [4.69, 9.17) is 4.74 Å². The average molecular weight is 328 g/mol. The second kappa shape index (κ2) is 7.49. The Kier molecular flexibility index (Phi) is 5.15. The Morgan fingerprint density at radius 1 is 1.17 bits per heavy atom. The number of rotatable bonds is 5. The molecule has 3 rings (SSSR count). The molecular weight excluding hydrogens is 304 g/mol. The van der Waals surface area contributed by atoms with Crippen molar-refractivity contribution in [2.24, 2.45) is 7.05 Å². The van der Waals surface area contributed by atoms with Crippen LogP contribution in [-0.2, 0) is 13.6 Å². The van der Waals surface area contributed by atoms with Crippen LogP contribution in [0.2, 0.25) is 0 Å². The summed E-state index contributed by atoms with van der Waals surface area (Å²) in [4.78, 5) is 16.9. The first kappa shape index (κ1) is 16.5. The number of ether oxygens (including phenoxy) is 1. The molecule has 2 aromatic rings. The third-order valence-electron chi connectivity index (χ3n) is 4.24. The lowest BCUT2D eigenvalue weighted by molar-refractivity contribution is 0.0628. The Labute approximate surface area is 142 Å². The van der Waals surface area contributed by atoms with Gasteiger partial charge >= 0.3 is 0 Å². The van der Waals surface area contributed by atoms with Crippen LogP contribution < -0.4 is 4.74 Å². The highest BCUT2D eigenvalue weighted by molar-refractivity contribution is 5.94. The highest BCUT2D eigenvalue weighted by Crippen LogP contribution is 2.15. The number of hydrogen-bond donors (Lipinski definition) is 0. The molecule has 0 N–H and O–H groups in total. The first-order valence-corrected chi connectivity index (χ1v) is 8.37. The van der Waals surface area contributed by atoms with E-state index in [1.807, 2.05) is 60.2 Å². The number of aryl methyl sites for hydroxylation is 1. The van der Waals surface area contributed by atoms with E-state index in [0.717, 1.165) is 44.0 Å². The fourth-order valence-corrected chi connectivity index (χ4v) is 2.96. The van der Waals surface area contributed by atoms with E-state index < -0.39 is 0 Å². The highest BCUT2D eigenvalue weighted by Gasteiger charge is 2.22. The van der Waals surface area contributed by atoms with Gasteiger partial charge in [0, 0.05) is 57.1 Å². The van der Waals surface area contributed by atoms with E-state index in [9.17, 15) is 4.79 Å². The van der Waals surface area contributed by atoms with Crippen LogP contribution in [0.1, 0.15) is 22.8 Å². The van der Waals surface area contributed by atoms with Crippen molar-refractivity contribution in [3.63, 3.8) is 0 Å². The molecule has 0 spiro atoms. The molecule has 1 fully saturated rings. The summed E-state index contributed by atoms with van der Waals surface area (Å²) < 4.78 is 7.24. The maximum atomic E-state index is 12.6. The molecule has 1 aliphatic rings.